The third-order valence-corrected chi connectivity index (χ3v) is 4.67. The first kappa shape index (κ1) is 15.7. The molecule has 2 aromatic carbocycles. The van der Waals surface area contributed by atoms with Gasteiger partial charge in [-0.25, -0.2) is 0 Å². The van der Waals surface area contributed by atoms with Gasteiger partial charge in [0.2, 0.25) is 0 Å². The van der Waals surface area contributed by atoms with Crippen LogP contribution in [0.1, 0.15) is 24.0 Å². The highest BCUT2D eigenvalue weighted by molar-refractivity contribution is 5.74. The number of piperidine rings is 1. The molecule has 0 unspecified atom stereocenters. The van der Waals surface area contributed by atoms with Crippen molar-refractivity contribution in [1.29, 1.82) is 5.26 Å². The van der Waals surface area contributed by atoms with Gasteiger partial charge in [0, 0.05) is 25.7 Å². The van der Waals surface area contributed by atoms with Gasteiger partial charge in [-0.05, 0) is 42.7 Å². The van der Waals surface area contributed by atoms with Crippen LogP contribution in [0.5, 0.6) is 0 Å². The van der Waals surface area contributed by atoms with E-state index in [9.17, 15) is 0 Å². The van der Waals surface area contributed by atoms with E-state index < -0.39 is 0 Å². The van der Waals surface area contributed by atoms with Crippen molar-refractivity contribution in [2.45, 2.75) is 25.4 Å². The molecule has 1 aromatic heterocycles. The van der Waals surface area contributed by atoms with Gasteiger partial charge in [0.05, 0.1) is 11.6 Å². The first-order valence-corrected chi connectivity index (χ1v) is 8.64. The second-order valence-electron chi connectivity index (χ2n) is 6.49. The Morgan fingerprint density at radius 1 is 1.16 bits per heavy atom. The van der Waals surface area contributed by atoms with E-state index in [1.807, 2.05) is 42.5 Å². The molecule has 0 radical (unpaired) electrons. The summed E-state index contributed by atoms with van der Waals surface area (Å²) in [5, 5.41) is 12.4. The zero-order valence-electron chi connectivity index (χ0n) is 14.0. The summed E-state index contributed by atoms with van der Waals surface area (Å²) in [5.74, 6) is 0. The normalized spacial score (nSPS) is 16.0. The molecule has 4 rings (SSSR count). The predicted octanol–water partition coefficient (Wildman–Crippen LogP) is 3.78. The number of benzene rings is 2. The van der Waals surface area contributed by atoms with Crippen LogP contribution in [0.3, 0.4) is 0 Å². The lowest BCUT2D eigenvalue weighted by Crippen LogP contribution is -2.38. The molecule has 1 saturated heterocycles. The first-order valence-electron chi connectivity index (χ1n) is 8.64. The molecule has 1 aliphatic heterocycles. The minimum absolute atomic E-state index is 0.384. The van der Waals surface area contributed by atoms with Gasteiger partial charge >= 0.3 is 0 Å². The fourth-order valence-corrected chi connectivity index (χ4v) is 3.34. The molecule has 5 nitrogen and oxygen atoms in total. The van der Waals surface area contributed by atoms with Crippen LogP contribution in [0.25, 0.3) is 11.1 Å². The molecule has 0 spiro atoms. The summed E-state index contributed by atoms with van der Waals surface area (Å²) in [6.07, 6.45) is 2.10. The van der Waals surface area contributed by atoms with Crippen molar-refractivity contribution in [1.82, 2.24) is 9.88 Å². The third-order valence-electron chi connectivity index (χ3n) is 4.67. The van der Waals surface area contributed by atoms with Gasteiger partial charge in [0.1, 0.15) is 5.52 Å². The van der Waals surface area contributed by atoms with Crippen LogP contribution in [0.15, 0.2) is 52.9 Å². The number of fused-ring (bicyclic) bond motifs is 1. The molecule has 0 saturated carbocycles. The number of oxazole rings is 1. The Morgan fingerprint density at radius 3 is 2.80 bits per heavy atom. The van der Waals surface area contributed by atoms with Crippen molar-refractivity contribution in [3.63, 3.8) is 0 Å². The number of hydrogen-bond acceptors (Lipinski definition) is 5. The Balaban J connectivity index is 1.32. The van der Waals surface area contributed by atoms with Crippen LogP contribution in [0.4, 0.5) is 6.01 Å². The van der Waals surface area contributed by atoms with Crippen molar-refractivity contribution < 1.29 is 4.42 Å². The Bertz CT molecular complexity index is 870. The average molecular weight is 332 g/mol. The molecule has 0 bridgehead atoms. The summed E-state index contributed by atoms with van der Waals surface area (Å²) in [7, 11) is 0. The molecule has 0 amide bonds. The Morgan fingerprint density at radius 2 is 2.00 bits per heavy atom. The number of likely N-dealkylation sites (tertiary alicyclic amines) is 1. The quantitative estimate of drug-likeness (QED) is 0.788. The van der Waals surface area contributed by atoms with Crippen LogP contribution in [0, 0.1) is 11.3 Å². The maximum Gasteiger partial charge on any atom is 0.295 e. The van der Waals surface area contributed by atoms with E-state index in [2.05, 4.69) is 27.3 Å². The van der Waals surface area contributed by atoms with E-state index in [1.165, 1.54) is 5.56 Å². The Kier molecular flexibility index (Phi) is 4.36. The SMILES string of the molecule is N#Cc1cccc(CN2CCC(Nc3nc4ccccc4o3)CC2)c1. The standard InChI is InChI=1S/C20H20N4O/c21-13-15-4-3-5-16(12-15)14-24-10-8-17(9-11-24)22-20-23-18-6-1-2-7-19(18)25-20/h1-7,12,17H,8-11,14H2,(H,22,23). The van der Waals surface area contributed by atoms with E-state index in [4.69, 9.17) is 9.68 Å². The molecule has 1 fully saturated rings. The minimum Gasteiger partial charge on any atom is -0.424 e. The number of nitrogens with zero attached hydrogens (tertiary/aromatic N) is 3. The summed E-state index contributed by atoms with van der Waals surface area (Å²) in [5.41, 5.74) is 3.63. The average Bonchev–Trinajstić information content (AvgIpc) is 3.06. The molecule has 126 valence electrons. The zero-order valence-corrected chi connectivity index (χ0v) is 14.0. The molecule has 2 heterocycles. The summed E-state index contributed by atoms with van der Waals surface area (Å²) in [4.78, 5) is 6.92. The molecule has 3 aromatic rings. The maximum absolute atomic E-state index is 9.01. The van der Waals surface area contributed by atoms with Gasteiger partial charge < -0.3 is 9.73 Å². The van der Waals surface area contributed by atoms with Gasteiger partial charge in [0.25, 0.3) is 6.01 Å². The van der Waals surface area contributed by atoms with Gasteiger partial charge in [-0.2, -0.15) is 10.2 Å². The van der Waals surface area contributed by atoms with Crippen molar-refractivity contribution in [2.24, 2.45) is 0 Å². The molecule has 0 atom stereocenters. The fourth-order valence-electron chi connectivity index (χ4n) is 3.34. The van der Waals surface area contributed by atoms with Crippen LogP contribution in [-0.2, 0) is 6.54 Å². The number of hydrogen-bond donors (Lipinski definition) is 1. The summed E-state index contributed by atoms with van der Waals surface area (Å²) < 4.78 is 5.75. The first-order chi connectivity index (χ1) is 12.3. The number of anilines is 1. The summed E-state index contributed by atoms with van der Waals surface area (Å²) in [6, 6.07) is 18.9. The van der Waals surface area contributed by atoms with Gasteiger partial charge in [-0.15, -0.1) is 0 Å². The highest BCUT2D eigenvalue weighted by Gasteiger charge is 2.20. The topological polar surface area (TPSA) is 65.1 Å². The highest BCUT2D eigenvalue weighted by Crippen LogP contribution is 2.22. The predicted molar refractivity (Wildman–Crippen MR) is 97.1 cm³/mol. The largest absolute Gasteiger partial charge is 0.424 e. The number of aromatic nitrogens is 1. The monoisotopic (exact) mass is 332 g/mol. The van der Waals surface area contributed by atoms with Gasteiger partial charge in [0.15, 0.2) is 5.58 Å². The molecule has 1 aliphatic rings. The molecular formula is C20H20N4O. The van der Waals surface area contributed by atoms with Crippen LogP contribution in [-0.4, -0.2) is 29.0 Å². The Labute approximate surface area is 146 Å². The number of nitriles is 1. The number of nitrogens with one attached hydrogen (secondary N) is 1. The van der Waals surface area contributed by atoms with E-state index in [0.29, 0.717) is 12.1 Å². The molecule has 0 aliphatic carbocycles. The fraction of sp³-hybridized carbons (Fsp3) is 0.300. The second kappa shape index (κ2) is 6.96. The van der Waals surface area contributed by atoms with Crippen molar-refractivity contribution in [2.75, 3.05) is 18.4 Å². The lowest BCUT2D eigenvalue weighted by atomic mass is 10.0. The molecule has 5 heteroatoms. The zero-order chi connectivity index (χ0) is 17.1. The van der Waals surface area contributed by atoms with Crippen LogP contribution >= 0.6 is 0 Å². The maximum atomic E-state index is 9.01. The van der Waals surface area contributed by atoms with Crippen molar-refractivity contribution in [3.8, 4) is 6.07 Å². The second-order valence-corrected chi connectivity index (χ2v) is 6.49. The van der Waals surface area contributed by atoms with E-state index in [-0.39, 0.29) is 0 Å². The van der Waals surface area contributed by atoms with Crippen molar-refractivity contribution >= 4 is 17.1 Å². The highest BCUT2D eigenvalue weighted by atomic mass is 16.4. The van der Waals surface area contributed by atoms with Crippen LogP contribution < -0.4 is 5.32 Å². The lowest BCUT2D eigenvalue weighted by Gasteiger charge is -2.32. The van der Waals surface area contributed by atoms with E-state index >= 15 is 0 Å². The number of para-hydroxylation sites is 2. The number of rotatable bonds is 4. The molecule has 1 N–H and O–H groups in total. The molecular weight excluding hydrogens is 312 g/mol. The van der Waals surface area contributed by atoms with E-state index in [1.54, 1.807) is 0 Å². The van der Waals surface area contributed by atoms with E-state index in [0.717, 1.165) is 49.1 Å². The van der Waals surface area contributed by atoms with Crippen LogP contribution in [0.2, 0.25) is 0 Å². The lowest BCUT2D eigenvalue weighted by molar-refractivity contribution is 0.210. The summed E-state index contributed by atoms with van der Waals surface area (Å²) >= 11 is 0. The van der Waals surface area contributed by atoms with Gasteiger partial charge in [-0.1, -0.05) is 24.3 Å². The smallest absolute Gasteiger partial charge is 0.295 e. The summed E-state index contributed by atoms with van der Waals surface area (Å²) in [6.45, 7) is 2.94. The third kappa shape index (κ3) is 3.65. The van der Waals surface area contributed by atoms with Gasteiger partial charge in [-0.3, -0.25) is 4.90 Å². The molecule has 25 heavy (non-hydrogen) atoms. The minimum atomic E-state index is 0.384. The van der Waals surface area contributed by atoms with Crippen molar-refractivity contribution in [3.05, 3.63) is 59.7 Å². The Hall–Kier alpha value is -2.84.